The summed E-state index contributed by atoms with van der Waals surface area (Å²) >= 11 is 0. The highest BCUT2D eigenvalue weighted by Gasteiger charge is 2.26. The second-order valence-corrected chi connectivity index (χ2v) is 7.51. The van der Waals surface area contributed by atoms with Gasteiger partial charge in [-0.05, 0) is 37.1 Å². The van der Waals surface area contributed by atoms with Crippen molar-refractivity contribution in [2.75, 3.05) is 11.4 Å². The van der Waals surface area contributed by atoms with Crippen LogP contribution in [-0.4, -0.2) is 24.6 Å². The molecule has 0 fully saturated rings. The molecule has 0 aliphatic heterocycles. The van der Waals surface area contributed by atoms with Crippen LogP contribution in [0.5, 0.6) is 0 Å². The third kappa shape index (κ3) is 2.94. The molecule has 1 aromatic carbocycles. The third-order valence-electron chi connectivity index (χ3n) is 3.62. The number of hydrogen-bond acceptors (Lipinski definition) is 4. The van der Waals surface area contributed by atoms with Crippen LogP contribution < -0.4 is 15.6 Å². The zero-order chi connectivity index (χ0) is 17.5. The second kappa shape index (κ2) is 5.69. The fourth-order valence-electron chi connectivity index (χ4n) is 2.37. The van der Waals surface area contributed by atoms with E-state index in [2.05, 4.69) is 0 Å². The summed E-state index contributed by atoms with van der Waals surface area (Å²) in [5, 5.41) is 0. The fourth-order valence-corrected chi connectivity index (χ4v) is 3.70. The minimum Gasteiger partial charge on any atom is -0.302 e. The number of rotatable bonds is 3. The Bertz CT molecular complexity index is 967. The van der Waals surface area contributed by atoms with E-state index in [-0.39, 0.29) is 0 Å². The first kappa shape index (κ1) is 17.0. The molecule has 0 amide bonds. The van der Waals surface area contributed by atoms with Crippen LogP contribution in [0.3, 0.4) is 0 Å². The summed E-state index contributed by atoms with van der Waals surface area (Å²) < 4.78 is 28.5. The predicted octanol–water partition coefficient (Wildman–Crippen LogP) is 0.526. The Labute approximate surface area is 134 Å². The first-order valence-electron chi connectivity index (χ1n) is 6.89. The van der Waals surface area contributed by atoms with E-state index in [1.807, 2.05) is 19.9 Å². The van der Waals surface area contributed by atoms with Crippen LogP contribution in [0.25, 0.3) is 0 Å². The van der Waals surface area contributed by atoms with Crippen molar-refractivity contribution in [3.8, 4) is 0 Å². The summed E-state index contributed by atoms with van der Waals surface area (Å²) in [5.41, 5.74) is 0.858. The van der Waals surface area contributed by atoms with Crippen LogP contribution in [0.15, 0.2) is 38.9 Å². The Kier molecular flexibility index (Phi) is 4.21. The largest absolute Gasteiger partial charge is 0.330 e. The molecule has 23 heavy (non-hydrogen) atoms. The number of nitrogens with zero attached hydrogens (tertiary/aromatic N) is 3. The van der Waals surface area contributed by atoms with E-state index in [0.717, 1.165) is 30.8 Å². The molecule has 0 atom stereocenters. The van der Waals surface area contributed by atoms with Crippen molar-refractivity contribution in [1.29, 1.82) is 0 Å². The molecular weight excluding hydrogens is 318 g/mol. The predicted molar refractivity (Wildman–Crippen MR) is 88.4 cm³/mol. The summed E-state index contributed by atoms with van der Waals surface area (Å²) in [6, 6.07) is 5.36. The lowest BCUT2D eigenvalue weighted by atomic mass is 10.1. The normalized spacial score (nSPS) is 11.5. The van der Waals surface area contributed by atoms with Crippen LogP contribution in [-0.2, 0) is 24.1 Å². The van der Waals surface area contributed by atoms with E-state index in [1.54, 1.807) is 12.1 Å². The van der Waals surface area contributed by atoms with Gasteiger partial charge >= 0.3 is 5.69 Å². The van der Waals surface area contributed by atoms with Crippen molar-refractivity contribution in [2.45, 2.75) is 18.7 Å². The lowest BCUT2D eigenvalue weighted by molar-refractivity contribution is 0.583. The average molecular weight is 337 g/mol. The standard InChI is InChI=1S/C15H19N3O4S/c1-10-6-11(2)8-12(7-10)18(5)23(21,22)13-9-16(3)15(20)17(4)14(13)19/h6-9H,1-5H3. The van der Waals surface area contributed by atoms with Gasteiger partial charge in [-0.3, -0.25) is 13.7 Å². The quantitative estimate of drug-likeness (QED) is 0.818. The molecule has 2 aromatic rings. The molecule has 0 aliphatic rings. The average Bonchev–Trinajstić information content (AvgIpc) is 2.46. The van der Waals surface area contributed by atoms with Crippen LogP contribution in [0.1, 0.15) is 11.1 Å². The molecule has 8 heteroatoms. The summed E-state index contributed by atoms with van der Waals surface area (Å²) in [7, 11) is -0.0438. The van der Waals surface area contributed by atoms with E-state index in [9.17, 15) is 18.0 Å². The SMILES string of the molecule is Cc1cc(C)cc(N(C)S(=O)(=O)c2cn(C)c(=O)n(C)c2=O)c1. The molecule has 0 radical (unpaired) electrons. The van der Waals surface area contributed by atoms with Crippen molar-refractivity contribution in [3.05, 3.63) is 56.4 Å². The summed E-state index contributed by atoms with van der Waals surface area (Å²) in [6.45, 7) is 3.73. The Hall–Kier alpha value is -2.35. The van der Waals surface area contributed by atoms with Gasteiger partial charge in [0.05, 0.1) is 5.69 Å². The zero-order valence-corrected chi connectivity index (χ0v) is 14.5. The molecule has 0 bridgehead atoms. The minimum atomic E-state index is -4.08. The summed E-state index contributed by atoms with van der Waals surface area (Å²) in [4.78, 5) is 23.5. The van der Waals surface area contributed by atoms with Crippen molar-refractivity contribution in [3.63, 3.8) is 0 Å². The van der Waals surface area contributed by atoms with Crippen LogP contribution >= 0.6 is 0 Å². The number of hydrogen-bond donors (Lipinski definition) is 0. The fraction of sp³-hybridized carbons (Fsp3) is 0.333. The molecule has 2 rings (SSSR count). The Morgan fingerprint density at radius 1 is 1.00 bits per heavy atom. The smallest absolute Gasteiger partial charge is 0.302 e. The maximum Gasteiger partial charge on any atom is 0.330 e. The topological polar surface area (TPSA) is 81.4 Å². The summed E-state index contributed by atoms with van der Waals surface area (Å²) in [6.07, 6.45) is 1.05. The molecule has 7 nitrogen and oxygen atoms in total. The van der Waals surface area contributed by atoms with Gasteiger partial charge in [-0.2, -0.15) is 0 Å². The van der Waals surface area contributed by atoms with E-state index in [1.165, 1.54) is 21.1 Å². The highest BCUT2D eigenvalue weighted by molar-refractivity contribution is 7.92. The molecule has 1 heterocycles. The van der Waals surface area contributed by atoms with Crippen molar-refractivity contribution < 1.29 is 8.42 Å². The number of aryl methyl sites for hydroxylation is 3. The molecule has 0 saturated carbocycles. The molecule has 0 spiro atoms. The van der Waals surface area contributed by atoms with E-state index in [0.29, 0.717) is 5.69 Å². The second-order valence-electron chi connectivity index (χ2n) is 5.57. The molecule has 0 aliphatic carbocycles. The van der Waals surface area contributed by atoms with Gasteiger partial charge in [0.25, 0.3) is 15.6 Å². The van der Waals surface area contributed by atoms with Crippen molar-refractivity contribution in [1.82, 2.24) is 9.13 Å². The van der Waals surface area contributed by atoms with Crippen molar-refractivity contribution >= 4 is 15.7 Å². The van der Waals surface area contributed by atoms with E-state index in [4.69, 9.17) is 0 Å². The molecule has 1 aromatic heterocycles. The van der Waals surface area contributed by atoms with E-state index >= 15 is 0 Å². The van der Waals surface area contributed by atoms with Gasteiger partial charge in [0.1, 0.15) is 0 Å². The maximum absolute atomic E-state index is 12.8. The maximum atomic E-state index is 12.8. The van der Waals surface area contributed by atoms with Gasteiger partial charge in [0, 0.05) is 27.3 Å². The van der Waals surface area contributed by atoms with Crippen LogP contribution in [0, 0.1) is 13.8 Å². The van der Waals surface area contributed by atoms with Gasteiger partial charge < -0.3 is 4.57 Å². The number of sulfonamides is 1. The minimum absolute atomic E-state index is 0.441. The zero-order valence-electron chi connectivity index (χ0n) is 13.7. The number of anilines is 1. The Balaban J connectivity index is 2.68. The molecule has 0 unspecified atom stereocenters. The highest BCUT2D eigenvalue weighted by Crippen LogP contribution is 2.22. The first-order chi connectivity index (χ1) is 10.6. The van der Waals surface area contributed by atoms with Gasteiger partial charge in [0.15, 0.2) is 4.90 Å². The van der Waals surface area contributed by atoms with Crippen LogP contribution in [0.2, 0.25) is 0 Å². The number of aromatic nitrogens is 2. The molecule has 0 saturated heterocycles. The van der Waals surface area contributed by atoms with Gasteiger partial charge in [-0.25, -0.2) is 13.2 Å². The molecule has 0 N–H and O–H groups in total. The third-order valence-corrected chi connectivity index (χ3v) is 5.39. The first-order valence-corrected chi connectivity index (χ1v) is 8.33. The molecular formula is C15H19N3O4S. The summed E-state index contributed by atoms with van der Waals surface area (Å²) in [5.74, 6) is 0. The molecule has 124 valence electrons. The van der Waals surface area contributed by atoms with Crippen LogP contribution in [0.4, 0.5) is 5.69 Å². The highest BCUT2D eigenvalue weighted by atomic mass is 32.2. The van der Waals surface area contributed by atoms with Gasteiger partial charge in [-0.15, -0.1) is 0 Å². The van der Waals surface area contributed by atoms with Gasteiger partial charge in [-0.1, -0.05) is 6.07 Å². The number of benzene rings is 1. The van der Waals surface area contributed by atoms with Gasteiger partial charge in [0.2, 0.25) is 0 Å². The van der Waals surface area contributed by atoms with E-state index < -0.39 is 26.2 Å². The lowest BCUT2D eigenvalue weighted by Gasteiger charge is -2.20. The Morgan fingerprint density at radius 2 is 1.52 bits per heavy atom. The Morgan fingerprint density at radius 3 is 2.04 bits per heavy atom. The lowest BCUT2D eigenvalue weighted by Crippen LogP contribution is -2.42. The van der Waals surface area contributed by atoms with Crippen molar-refractivity contribution in [2.24, 2.45) is 14.1 Å². The monoisotopic (exact) mass is 337 g/mol.